The molecule has 8 heteroatoms. The number of nitrogens with one attached hydrogen (secondary N) is 2. The zero-order valence-electron chi connectivity index (χ0n) is 25.7. The van der Waals surface area contributed by atoms with Crippen molar-refractivity contribution in [2.75, 3.05) is 70.1 Å². The zero-order chi connectivity index (χ0) is 30.6. The highest BCUT2D eigenvalue weighted by Gasteiger charge is 2.17. The van der Waals surface area contributed by atoms with E-state index in [0.29, 0.717) is 5.02 Å². The van der Waals surface area contributed by atoms with Gasteiger partial charge in [0.2, 0.25) is 0 Å². The summed E-state index contributed by atoms with van der Waals surface area (Å²) in [5.41, 5.74) is 6.20. The third-order valence-corrected chi connectivity index (χ3v) is 9.14. The Morgan fingerprint density at radius 2 is 1.16 bits per heavy atom. The van der Waals surface area contributed by atoms with Crippen LogP contribution in [0.2, 0.25) is 5.02 Å². The van der Waals surface area contributed by atoms with Crippen LogP contribution in [0.4, 0.5) is 11.4 Å². The van der Waals surface area contributed by atoms with E-state index in [1.54, 1.807) is 7.11 Å². The minimum Gasteiger partial charge on any atom is -0.497 e. The number of methoxy groups -OCH3 is 1. The minimum absolute atomic E-state index is 0.695. The fourth-order valence-corrected chi connectivity index (χ4v) is 6.68. The van der Waals surface area contributed by atoms with E-state index in [9.17, 15) is 0 Å². The van der Waals surface area contributed by atoms with E-state index in [-0.39, 0.29) is 0 Å². The molecule has 0 atom stereocenters. The Labute approximate surface area is 269 Å². The van der Waals surface area contributed by atoms with Crippen molar-refractivity contribution in [2.24, 2.45) is 0 Å². The second kappa shape index (κ2) is 13.4. The van der Waals surface area contributed by atoms with Gasteiger partial charge in [-0.05, 0) is 74.5 Å². The molecule has 4 aromatic carbocycles. The number of benzene rings is 4. The van der Waals surface area contributed by atoms with E-state index in [0.717, 1.165) is 109 Å². The van der Waals surface area contributed by atoms with Gasteiger partial charge < -0.3 is 25.2 Å². The SMILES string of the molecule is COc1ccc2nc3cc(Cl)ccc3c(NCCCN3CCN(CCCNc4c5ccccc5nc5ccccc45)CC3)c2c1. The van der Waals surface area contributed by atoms with E-state index in [1.165, 1.54) is 16.5 Å². The molecule has 1 aliphatic rings. The lowest BCUT2D eigenvalue weighted by Gasteiger charge is -2.34. The van der Waals surface area contributed by atoms with E-state index in [1.807, 2.05) is 24.3 Å². The maximum Gasteiger partial charge on any atom is 0.119 e. The highest BCUT2D eigenvalue weighted by Crippen LogP contribution is 2.34. The minimum atomic E-state index is 0.695. The molecule has 7 rings (SSSR count). The molecular weight excluding hydrogens is 580 g/mol. The summed E-state index contributed by atoms with van der Waals surface area (Å²) < 4.78 is 5.51. The summed E-state index contributed by atoms with van der Waals surface area (Å²) in [6.07, 6.45) is 2.18. The van der Waals surface area contributed by atoms with Crippen LogP contribution in [0.25, 0.3) is 43.6 Å². The highest BCUT2D eigenvalue weighted by molar-refractivity contribution is 6.31. The number of hydrogen-bond donors (Lipinski definition) is 2. The summed E-state index contributed by atoms with van der Waals surface area (Å²) in [7, 11) is 1.70. The van der Waals surface area contributed by atoms with Crippen molar-refractivity contribution in [3.05, 3.63) is 90.0 Å². The first kappa shape index (κ1) is 29.5. The molecule has 0 unspecified atom stereocenters. The molecule has 0 radical (unpaired) electrons. The van der Waals surface area contributed by atoms with Crippen LogP contribution < -0.4 is 15.4 Å². The van der Waals surface area contributed by atoms with Crippen molar-refractivity contribution in [3.63, 3.8) is 0 Å². The number of hydrogen-bond acceptors (Lipinski definition) is 7. The zero-order valence-corrected chi connectivity index (χ0v) is 26.5. The summed E-state index contributed by atoms with van der Waals surface area (Å²) in [5.74, 6) is 0.827. The Balaban J connectivity index is 0.893. The van der Waals surface area contributed by atoms with E-state index in [4.69, 9.17) is 26.3 Å². The van der Waals surface area contributed by atoms with Gasteiger partial charge in [0.05, 0.1) is 40.6 Å². The lowest BCUT2D eigenvalue weighted by atomic mass is 10.1. The molecule has 3 heterocycles. The molecule has 7 nitrogen and oxygen atoms in total. The summed E-state index contributed by atoms with van der Waals surface area (Å²) in [4.78, 5) is 14.9. The molecule has 0 spiro atoms. The molecule has 45 heavy (non-hydrogen) atoms. The quantitative estimate of drug-likeness (QED) is 0.114. The number of pyridine rings is 2. The van der Waals surface area contributed by atoms with Crippen molar-refractivity contribution < 1.29 is 4.74 Å². The molecule has 0 bridgehead atoms. The van der Waals surface area contributed by atoms with Crippen molar-refractivity contribution in [1.82, 2.24) is 19.8 Å². The van der Waals surface area contributed by atoms with Gasteiger partial charge >= 0.3 is 0 Å². The normalized spacial score (nSPS) is 14.4. The third kappa shape index (κ3) is 6.47. The van der Waals surface area contributed by atoms with Crippen LogP contribution in [0, 0.1) is 0 Å². The standard InChI is InChI=1S/C37H39ClN6O/c1-45-27-13-15-34-31(25-27)37(30-14-12-26(38)24-35(30)42-34)40-17-7-19-44-22-20-43(21-23-44)18-6-16-39-36-28-8-2-4-10-32(28)41-33-11-5-3-9-29(33)36/h2-5,8-15,24-25H,6-7,16-23H2,1H3,(H,39,41)(H,40,42). The van der Waals surface area contributed by atoms with Crippen molar-refractivity contribution >= 4 is 66.6 Å². The first-order valence-corrected chi connectivity index (χ1v) is 16.3. The van der Waals surface area contributed by atoms with Crippen molar-refractivity contribution in [1.29, 1.82) is 0 Å². The van der Waals surface area contributed by atoms with Crippen LogP contribution >= 0.6 is 11.6 Å². The van der Waals surface area contributed by atoms with Gasteiger partial charge in [0.1, 0.15) is 5.75 Å². The van der Waals surface area contributed by atoms with Gasteiger partial charge in [0.15, 0.2) is 0 Å². The Morgan fingerprint density at radius 3 is 1.78 bits per heavy atom. The number of halogens is 1. The second-order valence-corrected chi connectivity index (χ2v) is 12.2. The van der Waals surface area contributed by atoms with Gasteiger partial charge in [-0.3, -0.25) is 0 Å². The molecule has 0 amide bonds. The maximum absolute atomic E-state index is 6.30. The van der Waals surface area contributed by atoms with E-state index >= 15 is 0 Å². The summed E-state index contributed by atoms with van der Waals surface area (Å²) in [6, 6.07) is 28.8. The van der Waals surface area contributed by atoms with Gasteiger partial charge in [-0.25, -0.2) is 9.97 Å². The molecule has 1 saturated heterocycles. The second-order valence-electron chi connectivity index (χ2n) is 11.8. The van der Waals surface area contributed by atoms with Crippen molar-refractivity contribution in [3.8, 4) is 5.75 Å². The van der Waals surface area contributed by atoms with Crippen LogP contribution in [0.1, 0.15) is 12.8 Å². The number of aromatic nitrogens is 2. The van der Waals surface area contributed by atoms with E-state index < -0.39 is 0 Å². The topological polar surface area (TPSA) is 65.6 Å². The number of anilines is 2. The maximum atomic E-state index is 6.30. The number of rotatable bonds is 11. The van der Waals surface area contributed by atoms with Crippen LogP contribution in [-0.4, -0.2) is 79.2 Å². The third-order valence-electron chi connectivity index (χ3n) is 8.90. The fourth-order valence-electron chi connectivity index (χ4n) is 6.51. The Hall–Kier alpha value is -4.17. The molecule has 0 saturated carbocycles. The molecule has 1 aliphatic heterocycles. The summed E-state index contributed by atoms with van der Waals surface area (Å²) in [5, 5.41) is 12.7. The van der Waals surface area contributed by atoms with Crippen LogP contribution in [0.15, 0.2) is 84.9 Å². The van der Waals surface area contributed by atoms with Gasteiger partial charge in [0.25, 0.3) is 0 Å². The predicted octanol–water partition coefficient (Wildman–Crippen LogP) is 7.67. The first-order chi connectivity index (χ1) is 22.2. The molecule has 0 aliphatic carbocycles. The molecule has 2 N–H and O–H groups in total. The average Bonchev–Trinajstić information content (AvgIpc) is 3.08. The first-order valence-electron chi connectivity index (χ1n) is 15.9. The lowest BCUT2D eigenvalue weighted by Crippen LogP contribution is -2.47. The van der Waals surface area contributed by atoms with Crippen molar-refractivity contribution in [2.45, 2.75) is 12.8 Å². The molecular formula is C37H39ClN6O. The monoisotopic (exact) mass is 618 g/mol. The highest BCUT2D eigenvalue weighted by atomic mass is 35.5. The smallest absolute Gasteiger partial charge is 0.119 e. The largest absolute Gasteiger partial charge is 0.497 e. The summed E-state index contributed by atoms with van der Waals surface area (Å²) >= 11 is 6.30. The number of ether oxygens (including phenoxy) is 1. The number of para-hydroxylation sites is 2. The van der Waals surface area contributed by atoms with Gasteiger partial charge in [-0.1, -0.05) is 48.0 Å². The Kier molecular flexibility index (Phi) is 8.83. The molecule has 1 fully saturated rings. The predicted molar refractivity (Wildman–Crippen MR) is 189 cm³/mol. The molecule has 2 aromatic heterocycles. The van der Waals surface area contributed by atoms with Gasteiger partial charge in [-0.15, -0.1) is 0 Å². The van der Waals surface area contributed by atoms with Crippen LogP contribution in [0.5, 0.6) is 5.75 Å². The summed E-state index contributed by atoms with van der Waals surface area (Å²) in [6.45, 7) is 8.50. The number of nitrogens with zero attached hydrogens (tertiary/aromatic N) is 4. The Morgan fingerprint density at radius 1 is 0.622 bits per heavy atom. The van der Waals surface area contributed by atoms with Gasteiger partial charge in [0, 0.05) is 65.8 Å². The van der Waals surface area contributed by atoms with Crippen LogP contribution in [-0.2, 0) is 0 Å². The van der Waals surface area contributed by atoms with E-state index in [2.05, 4.69) is 81.1 Å². The average molecular weight is 619 g/mol. The fraction of sp³-hybridized carbons (Fsp3) is 0.297. The molecule has 6 aromatic rings. The number of piperazine rings is 1. The van der Waals surface area contributed by atoms with Gasteiger partial charge in [-0.2, -0.15) is 0 Å². The Bertz CT molecular complexity index is 1900. The van der Waals surface area contributed by atoms with Crippen LogP contribution in [0.3, 0.4) is 0 Å². The lowest BCUT2D eigenvalue weighted by molar-refractivity contribution is 0.132. The molecule has 230 valence electrons. The number of fused-ring (bicyclic) bond motifs is 4.